The predicted molar refractivity (Wildman–Crippen MR) is 78.8 cm³/mol. The number of benzene rings is 1. The molecule has 1 amide bonds. The van der Waals surface area contributed by atoms with Crippen molar-refractivity contribution < 1.29 is 19.1 Å². The van der Waals surface area contributed by atoms with E-state index >= 15 is 0 Å². The van der Waals surface area contributed by atoms with E-state index in [1.807, 2.05) is 12.1 Å². The van der Waals surface area contributed by atoms with Crippen molar-refractivity contribution >= 4 is 11.7 Å². The molecule has 0 saturated carbocycles. The second-order valence-electron chi connectivity index (χ2n) is 5.42. The Hall–Kier alpha value is -2.04. The van der Waals surface area contributed by atoms with E-state index in [0.29, 0.717) is 19.3 Å². The van der Waals surface area contributed by atoms with Crippen LogP contribution in [0.4, 0.5) is 0 Å². The van der Waals surface area contributed by atoms with Crippen LogP contribution < -0.4 is 14.8 Å². The van der Waals surface area contributed by atoms with Gasteiger partial charge in [0.2, 0.25) is 5.91 Å². The third kappa shape index (κ3) is 2.73. The van der Waals surface area contributed by atoms with Crippen molar-refractivity contribution in [3.8, 4) is 11.5 Å². The highest BCUT2D eigenvalue weighted by molar-refractivity contribution is 5.91. The van der Waals surface area contributed by atoms with Crippen LogP contribution in [0.1, 0.15) is 31.4 Å². The number of hydrogen-bond acceptors (Lipinski definition) is 4. The molecule has 1 aliphatic rings. The van der Waals surface area contributed by atoms with E-state index in [0.717, 1.165) is 22.6 Å². The number of methoxy groups -OCH3 is 2. The van der Waals surface area contributed by atoms with E-state index in [2.05, 4.69) is 5.32 Å². The van der Waals surface area contributed by atoms with Crippen molar-refractivity contribution in [1.82, 2.24) is 5.32 Å². The first kappa shape index (κ1) is 15.4. The van der Waals surface area contributed by atoms with Crippen LogP contribution in [-0.4, -0.2) is 31.4 Å². The summed E-state index contributed by atoms with van der Waals surface area (Å²) in [6.45, 7) is 2.95. The monoisotopic (exact) mass is 292 g/mol. The van der Waals surface area contributed by atoms with Crippen LogP contribution in [-0.2, 0) is 22.4 Å². The molecule has 1 aromatic carbocycles. The third-order valence-corrected chi connectivity index (χ3v) is 4.15. The van der Waals surface area contributed by atoms with Gasteiger partial charge in [0.15, 0.2) is 5.78 Å². The summed E-state index contributed by atoms with van der Waals surface area (Å²) in [5, 5.41) is 2.84. The van der Waals surface area contributed by atoms with Gasteiger partial charge < -0.3 is 14.8 Å². The largest absolute Gasteiger partial charge is 0.496 e. The SMILES string of the molecule is COc1ccc(OC)c2c1CC[C@](NC(C)=O)(C([13CH3])=O)C2. The van der Waals surface area contributed by atoms with Gasteiger partial charge in [-0.25, -0.2) is 0 Å². The number of fused-ring (bicyclic) bond motifs is 1. The first-order chi connectivity index (χ1) is 9.93. The summed E-state index contributed by atoms with van der Waals surface area (Å²) in [6, 6.07) is 3.71. The summed E-state index contributed by atoms with van der Waals surface area (Å²) in [6.07, 6.45) is 1.66. The molecular formula is C16H21NO4. The number of carbonyl (C=O) groups excluding carboxylic acids is 2. The van der Waals surface area contributed by atoms with Crippen molar-refractivity contribution in [3.63, 3.8) is 0 Å². The van der Waals surface area contributed by atoms with Crippen molar-refractivity contribution in [2.24, 2.45) is 0 Å². The number of ketones is 1. The smallest absolute Gasteiger partial charge is 0.217 e. The van der Waals surface area contributed by atoms with Crippen LogP contribution in [0.3, 0.4) is 0 Å². The van der Waals surface area contributed by atoms with Gasteiger partial charge in [0, 0.05) is 24.5 Å². The number of hydrogen-bond donors (Lipinski definition) is 1. The molecule has 114 valence electrons. The number of Topliss-reactive ketones (excluding diaryl/α,β-unsaturated/α-hetero) is 1. The fourth-order valence-corrected chi connectivity index (χ4v) is 3.06. The van der Waals surface area contributed by atoms with Crippen LogP contribution in [0.2, 0.25) is 0 Å². The van der Waals surface area contributed by atoms with E-state index in [1.54, 1.807) is 14.2 Å². The van der Waals surface area contributed by atoms with Gasteiger partial charge in [-0.05, 0) is 31.9 Å². The van der Waals surface area contributed by atoms with Crippen molar-refractivity contribution in [2.75, 3.05) is 14.2 Å². The molecule has 21 heavy (non-hydrogen) atoms. The normalized spacial score (nSPS) is 20.4. The zero-order chi connectivity index (χ0) is 15.6. The fraction of sp³-hybridized carbons (Fsp3) is 0.500. The Bertz CT molecular complexity index is 582. The van der Waals surface area contributed by atoms with E-state index in [-0.39, 0.29) is 11.7 Å². The van der Waals surface area contributed by atoms with Crippen molar-refractivity contribution in [1.29, 1.82) is 0 Å². The molecule has 0 aliphatic heterocycles. The number of nitrogens with one attached hydrogen (secondary N) is 1. The first-order valence-electron chi connectivity index (χ1n) is 6.96. The van der Waals surface area contributed by atoms with Crippen LogP contribution in [0, 0.1) is 0 Å². The average molecular weight is 292 g/mol. The summed E-state index contributed by atoms with van der Waals surface area (Å²) in [5.74, 6) is 1.29. The molecule has 5 heteroatoms. The van der Waals surface area contributed by atoms with Gasteiger partial charge in [-0.2, -0.15) is 0 Å². The molecule has 1 aromatic rings. The molecule has 0 aromatic heterocycles. The van der Waals surface area contributed by atoms with Crippen LogP contribution in [0.25, 0.3) is 0 Å². The van der Waals surface area contributed by atoms with Gasteiger partial charge >= 0.3 is 0 Å². The zero-order valence-electron chi connectivity index (χ0n) is 12.9. The summed E-state index contributed by atoms with van der Waals surface area (Å²) in [5.41, 5.74) is 1.14. The maximum absolute atomic E-state index is 12.1. The van der Waals surface area contributed by atoms with Crippen LogP contribution in [0.5, 0.6) is 11.5 Å². The highest BCUT2D eigenvalue weighted by atomic mass is 16.5. The number of amides is 1. The lowest BCUT2D eigenvalue weighted by molar-refractivity contribution is -0.130. The van der Waals surface area contributed by atoms with E-state index in [4.69, 9.17) is 9.47 Å². The Morgan fingerprint density at radius 3 is 2.14 bits per heavy atom. The van der Waals surface area contributed by atoms with Gasteiger partial charge in [-0.3, -0.25) is 9.59 Å². The van der Waals surface area contributed by atoms with Crippen LogP contribution >= 0.6 is 0 Å². The average Bonchev–Trinajstić information content (AvgIpc) is 2.45. The molecule has 0 spiro atoms. The summed E-state index contributed by atoms with van der Waals surface area (Å²) in [7, 11) is 3.23. The van der Waals surface area contributed by atoms with Gasteiger partial charge in [0.25, 0.3) is 0 Å². The summed E-state index contributed by atoms with van der Waals surface area (Å²) in [4.78, 5) is 23.6. The molecule has 0 radical (unpaired) electrons. The molecular weight excluding hydrogens is 271 g/mol. The Morgan fingerprint density at radius 2 is 1.67 bits per heavy atom. The summed E-state index contributed by atoms with van der Waals surface area (Å²) >= 11 is 0. The van der Waals surface area contributed by atoms with Crippen molar-refractivity contribution in [2.45, 2.75) is 38.6 Å². The molecule has 0 heterocycles. The minimum Gasteiger partial charge on any atom is -0.496 e. The Balaban J connectivity index is 2.50. The molecule has 0 saturated heterocycles. The molecule has 5 nitrogen and oxygen atoms in total. The molecule has 0 unspecified atom stereocenters. The van der Waals surface area contributed by atoms with Gasteiger partial charge in [-0.1, -0.05) is 0 Å². The Kier molecular flexibility index (Phi) is 4.21. The molecule has 1 atom stereocenters. The third-order valence-electron chi connectivity index (χ3n) is 4.15. The lowest BCUT2D eigenvalue weighted by atomic mass is 9.76. The topological polar surface area (TPSA) is 64.6 Å². The number of carbonyl (C=O) groups is 2. The van der Waals surface area contributed by atoms with Gasteiger partial charge in [0.1, 0.15) is 17.0 Å². The predicted octanol–water partition coefficient (Wildman–Crippen LogP) is 1.66. The minimum absolute atomic E-state index is 0.0341. The van der Waals surface area contributed by atoms with Gasteiger partial charge in [-0.15, -0.1) is 0 Å². The molecule has 2 rings (SSSR count). The highest BCUT2D eigenvalue weighted by Crippen LogP contribution is 2.39. The maximum Gasteiger partial charge on any atom is 0.217 e. The molecule has 1 aliphatic carbocycles. The minimum atomic E-state index is -0.849. The Labute approximate surface area is 124 Å². The quantitative estimate of drug-likeness (QED) is 0.857. The summed E-state index contributed by atoms with van der Waals surface area (Å²) < 4.78 is 10.8. The van der Waals surface area contributed by atoms with E-state index in [9.17, 15) is 9.59 Å². The van der Waals surface area contributed by atoms with E-state index in [1.165, 1.54) is 13.8 Å². The highest BCUT2D eigenvalue weighted by Gasteiger charge is 2.41. The van der Waals surface area contributed by atoms with Gasteiger partial charge in [0.05, 0.1) is 14.2 Å². The van der Waals surface area contributed by atoms with Crippen LogP contribution in [0.15, 0.2) is 12.1 Å². The Morgan fingerprint density at radius 1 is 1.10 bits per heavy atom. The molecule has 0 fully saturated rings. The molecule has 0 bridgehead atoms. The lowest BCUT2D eigenvalue weighted by Crippen LogP contribution is -2.56. The lowest BCUT2D eigenvalue weighted by Gasteiger charge is -2.37. The maximum atomic E-state index is 12.1. The standard InChI is InChI=1S/C16H21NO4/c1-10(18)16(17-11(2)19)8-7-12-13(9-16)15(21-4)6-5-14(12)20-3/h5-6H,7-9H2,1-4H3,(H,17,19)/t16-/m1/s1/i1+1. The second-order valence-corrected chi connectivity index (χ2v) is 5.42. The zero-order valence-corrected chi connectivity index (χ0v) is 12.9. The molecule has 1 N–H and O–H groups in total. The number of ether oxygens (including phenoxy) is 2. The first-order valence-corrected chi connectivity index (χ1v) is 6.96. The second kappa shape index (κ2) is 5.76. The van der Waals surface area contributed by atoms with Crippen molar-refractivity contribution in [3.05, 3.63) is 23.3 Å². The fourth-order valence-electron chi connectivity index (χ4n) is 3.06. The number of rotatable bonds is 4. The van der Waals surface area contributed by atoms with E-state index < -0.39 is 5.54 Å².